The lowest BCUT2D eigenvalue weighted by Crippen LogP contribution is -2.62. The van der Waals surface area contributed by atoms with Gasteiger partial charge < -0.3 is 19.3 Å². The second kappa shape index (κ2) is 9.40. The molecular weight excluding hydrogens is 542 g/mol. The van der Waals surface area contributed by atoms with E-state index in [2.05, 4.69) is 11.5 Å². The average Bonchev–Trinajstić information content (AvgIpc) is 2.99. The quantitative estimate of drug-likeness (QED) is 0.273. The van der Waals surface area contributed by atoms with Gasteiger partial charge in [0.2, 0.25) is 11.7 Å². The van der Waals surface area contributed by atoms with E-state index in [-0.39, 0.29) is 52.9 Å². The molecule has 8 nitrogen and oxygen atoms in total. The standard InChI is InChI=1S/C32H29F2N4O4/c1-5-26(39)35-15-19-16-42-30-28(36(19)14-17(35)2)21-13-23(34)29(27-22(33)10-8-12-25(27)41-4)37-18(3)20-9-6-7-11-24(20)38(31(21)37)32(30)40/h5-13,17-19H,1,14-16H2,2-4H3/q+1. The van der Waals surface area contributed by atoms with Crippen LogP contribution in [-0.2, 0) is 4.79 Å². The molecule has 2 aromatic heterocycles. The summed E-state index contributed by atoms with van der Waals surface area (Å²) in [7, 11) is 1.41. The summed E-state index contributed by atoms with van der Waals surface area (Å²) < 4.78 is 47.0. The number of aromatic nitrogens is 2. The van der Waals surface area contributed by atoms with E-state index >= 15 is 8.78 Å². The third-order valence-electron chi connectivity index (χ3n) is 8.74. The highest BCUT2D eigenvalue weighted by molar-refractivity contribution is 5.95. The van der Waals surface area contributed by atoms with E-state index in [4.69, 9.17) is 9.47 Å². The van der Waals surface area contributed by atoms with Crippen molar-refractivity contribution in [3.8, 4) is 28.4 Å². The smallest absolute Gasteiger partial charge is 0.383 e. The monoisotopic (exact) mass is 571 g/mol. The number of rotatable bonds is 3. The van der Waals surface area contributed by atoms with Gasteiger partial charge >= 0.3 is 11.2 Å². The summed E-state index contributed by atoms with van der Waals surface area (Å²) in [6.45, 7) is 8.42. The van der Waals surface area contributed by atoms with Gasteiger partial charge in [-0.25, -0.2) is 18.1 Å². The largest absolute Gasteiger partial charge is 0.496 e. The Labute approximate surface area is 240 Å². The molecule has 2 aromatic carbocycles. The van der Waals surface area contributed by atoms with Crippen LogP contribution >= 0.6 is 0 Å². The molecule has 1 amide bonds. The Hall–Kier alpha value is -4.73. The number of methoxy groups -OCH3 is 1. The number of halogens is 2. The van der Waals surface area contributed by atoms with Crippen LogP contribution in [-0.4, -0.2) is 54.3 Å². The fourth-order valence-corrected chi connectivity index (χ4v) is 6.84. The average molecular weight is 572 g/mol. The van der Waals surface area contributed by atoms with Crippen molar-refractivity contribution in [3.05, 3.63) is 88.7 Å². The molecule has 0 bridgehead atoms. The number of piperazine rings is 1. The summed E-state index contributed by atoms with van der Waals surface area (Å²) in [5.74, 6) is -1.19. The fourth-order valence-electron chi connectivity index (χ4n) is 6.84. The zero-order chi connectivity index (χ0) is 29.4. The van der Waals surface area contributed by atoms with E-state index in [1.165, 1.54) is 31.4 Å². The molecule has 7 rings (SSSR count). The second-order valence-electron chi connectivity index (χ2n) is 11.0. The number of amides is 1. The van der Waals surface area contributed by atoms with Gasteiger partial charge in [0.25, 0.3) is 0 Å². The lowest BCUT2D eigenvalue weighted by molar-refractivity contribution is -0.680. The summed E-state index contributed by atoms with van der Waals surface area (Å²) in [5.41, 5.74) is 1.90. The summed E-state index contributed by atoms with van der Waals surface area (Å²) >= 11 is 0. The highest BCUT2D eigenvalue weighted by atomic mass is 19.1. The number of ether oxygens (including phenoxy) is 2. The van der Waals surface area contributed by atoms with Crippen molar-refractivity contribution in [2.24, 2.45) is 0 Å². The molecule has 3 aliphatic heterocycles. The van der Waals surface area contributed by atoms with Crippen LogP contribution in [0.15, 0.2) is 66.0 Å². The van der Waals surface area contributed by atoms with Crippen LogP contribution in [0.3, 0.4) is 0 Å². The van der Waals surface area contributed by atoms with Crippen molar-refractivity contribution in [1.82, 2.24) is 9.47 Å². The Morgan fingerprint density at radius 1 is 1.12 bits per heavy atom. The van der Waals surface area contributed by atoms with Crippen molar-refractivity contribution in [2.75, 3.05) is 31.7 Å². The van der Waals surface area contributed by atoms with Gasteiger partial charge in [-0.1, -0.05) is 30.8 Å². The van der Waals surface area contributed by atoms with Crippen molar-refractivity contribution in [3.63, 3.8) is 0 Å². The molecule has 42 heavy (non-hydrogen) atoms. The lowest BCUT2D eigenvalue weighted by atomic mass is 9.97. The molecule has 5 heterocycles. The van der Waals surface area contributed by atoms with Crippen LogP contribution in [0, 0.1) is 11.6 Å². The van der Waals surface area contributed by atoms with Gasteiger partial charge in [-0.05, 0) is 44.2 Å². The van der Waals surface area contributed by atoms with Gasteiger partial charge in [-0.2, -0.15) is 4.57 Å². The van der Waals surface area contributed by atoms with E-state index in [0.29, 0.717) is 35.5 Å². The van der Waals surface area contributed by atoms with Gasteiger partial charge in [0.1, 0.15) is 41.2 Å². The highest BCUT2D eigenvalue weighted by Gasteiger charge is 2.45. The van der Waals surface area contributed by atoms with Crippen LogP contribution in [0.25, 0.3) is 28.0 Å². The van der Waals surface area contributed by atoms with Crippen molar-refractivity contribution >= 4 is 22.6 Å². The van der Waals surface area contributed by atoms with E-state index in [0.717, 1.165) is 5.56 Å². The van der Waals surface area contributed by atoms with Crippen LogP contribution < -0.4 is 24.5 Å². The molecular formula is C32H29F2N4O4+. The number of benzene rings is 2. The maximum atomic E-state index is 16.6. The SMILES string of the molecule is C=CC(=O)N1CC2COc3c(c4cc(F)c(-c5c(F)cccc5OC)[n+]5c4n(c3=O)-c3ccccc3C5C)N2CC1C. The van der Waals surface area contributed by atoms with E-state index < -0.39 is 17.7 Å². The van der Waals surface area contributed by atoms with Crippen molar-refractivity contribution in [2.45, 2.75) is 32.0 Å². The minimum absolute atomic E-state index is 0.0180. The van der Waals surface area contributed by atoms with E-state index in [1.807, 2.05) is 38.1 Å². The molecule has 0 spiro atoms. The Morgan fingerprint density at radius 3 is 2.67 bits per heavy atom. The maximum absolute atomic E-state index is 16.6. The second-order valence-corrected chi connectivity index (χ2v) is 11.0. The number of nitrogens with zero attached hydrogens (tertiary/aromatic N) is 4. The topological polar surface area (TPSA) is 67.9 Å². The number of carbonyl (C=O) groups is 1. The zero-order valence-corrected chi connectivity index (χ0v) is 23.4. The number of para-hydroxylation sites is 1. The third-order valence-corrected chi connectivity index (χ3v) is 8.74. The van der Waals surface area contributed by atoms with Gasteiger partial charge in [0, 0.05) is 24.7 Å². The van der Waals surface area contributed by atoms with Crippen molar-refractivity contribution < 1.29 is 27.6 Å². The Bertz CT molecular complexity index is 1890. The summed E-state index contributed by atoms with van der Waals surface area (Å²) in [4.78, 5) is 30.7. The van der Waals surface area contributed by atoms with Crippen LogP contribution in [0.4, 0.5) is 14.5 Å². The molecule has 214 valence electrons. The number of hydrogen-bond donors (Lipinski definition) is 0. The highest BCUT2D eigenvalue weighted by Crippen LogP contribution is 2.44. The van der Waals surface area contributed by atoms with Gasteiger partial charge in [0.15, 0.2) is 11.5 Å². The molecule has 1 saturated heterocycles. The normalized spacial score (nSPS) is 20.4. The number of pyridine rings is 2. The lowest BCUT2D eigenvalue weighted by Gasteiger charge is -2.48. The zero-order valence-electron chi connectivity index (χ0n) is 23.4. The molecule has 0 aliphatic carbocycles. The summed E-state index contributed by atoms with van der Waals surface area (Å²) in [6.07, 6.45) is 1.29. The summed E-state index contributed by atoms with van der Waals surface area (Å²) in [6, 6.07) is 12.2. The first-order valence-corrected chi connectivity index (χ1v) is 13.9. The number of hydrogen-bond acceptors (Lipinski definition) is 5. The van der Waals surface area contributed by atoms with Gasteiger partial charge in [0.05, 0.1) is 18.5 Å². The van der Waals surface area contributed by atoms with Crippen molar-refractivity contribution in [1.29, 1.82) is 0 Å². The minimum atomic E-state index is -0.667. The molecule has 0 radical (unpaired) electrons. The molecule has 0 N–H and O–H groups in total. The molecule has 3 unspecified atom stereocenters. The molecule has 0 saturated carbocycles. The van der Waals surface area contributed by atoms with Gasteiger partial charge in [-0.3, -0.25) is 4.79 Å². The van der Waals surface area contributed by atoms with E-state index in [9.17, 15) is 9.59 Å². The molecule has 4 aromatic rings. The number of anilines is 1. The van der Waals surface area contributed by atoms with Crippen LogP contribution in [0.5, 0.6) is 11.5 Å². The minimum Gasteiger partial charge on any atom is -0.496 e. The molecule has 1 fully saturated rings. The number of fused-ring (bicyclic) bond motifs is 6. The predicted molar refractivity (Wildman–Crippen MR) is 153 cm³/mol. The first-order valence-electron chi connectivity index (χ1n) is 13.9. The van der Waals surface area contributed by atoms with E-state index in [1.54, 1.807) is 20.1 Å². The molecule has 3 atom stereocenters. The molecule has 3 aliphatic rings. The van der Waals surface area contributed by atoms with Gasteiger partial charge in [-0.15, -0.1) is 0 Å². The first kappa shape index (κ1) is 26.2. The maximum Gasteiger partial charge on any atom is 0.383 e. The Morgan fingerprint density at radius 2 is 1.90 bits per heavy atom. The first-order chi connectivity index (χ1) is 20.3. The predicted octanol–water partition coefficient (Wildman–Crippen LogP) is 4.14. The number of carbonyl (C=O) groups excluding carboxylic acids is 1. The third kappa shape index (κ3) is 3.47. The van der Waals surface area contributed by atoms with Crippen LogP contribution in [0.1, 0.15) is 25.5 Å². The Balaban J connectivity index is 1.59. The van der Waals surface area contributed by atoms with Crippen LogP contribution in [0.2, 0.25) is 0 Å². The fraction of sp³-hybridized carbons (Fsp3) is 0.281. The Kier molecular flexibility index (Phi) is 5.86. The summed E-state index contributed by atoms with van der Waals surface area (Å²) in [5, 5.41) is 0.461. The molecule has 10 heteroatoms.